The van der Waals surface area contributed by atoms with Crippen molar-refractivity contribution in [1.29, 1.82) is 0 Å². The van der Waals surface area contributed by atoms with Gasteiger partial charge in [0.2, 0.25) is 0 Å². The molecule has 0 fully saturated rings. The molecule has 3 aromatic rings. The number of methoxy groups -OCH3 is 3. The molecule has 3 rings (SSSR count). The standard InChI is InChI=1S/C25H23ClO5/c1-28-23-11-8-17(13-19(23)16-31-21-6-4-5-20(26)15-21)7-10-22(27)18-9-12-24(29-2)25(14-18)30-3/h4-15H,16H2,1-3H3/b10-7+. The van der Waals surface area contributed by atoms with Crippen LogP contribution in [0.4, 0.5) is 0 Å². The molecule has 0 aromatic heterocycles. The molecular weight excluding hydrogens is 416 g/mol. The summed E-state index contributed by atoms with van der Waals surface area (Å²) in [6, 6.07) is 17.9. The highest BCUT2D eigenvalue weighted by atomic mass is 35.5. The number of allylic oxidation sites excluding steroid dienone is 1. The molecule has 0 radical (unpaired) electrons. The van der Waals surface area contributed by atoms with Gasteiger partial charge in [-0.3, -0.25) is 4.79 Å². The molecular formula is C25H23ClO5. The molecule has 0 saturated carbocycles. The van der Waals surface area contributed by atoms with Crippen molar-refractivity contribution in [2.75, 3.05) is 21.3 Å². The highest BCUT2D eigenvalue weighted by Crippen LogP contribution is 2.28. The molecule has 0 atom stereocenters. The minimum atomic E-state index is -0.145. The molecule has 31 heavy (non-hydrogen) atoms. The maximum atomic E-state index is 12.6. The van der Waals surface area contributed by atoms with Crippen molar-refractivity contribution in [2.24, 2.45) is 0 Å². The van der Waals surface area contributed by atoms with Gasteiger partial charge in [0, 0.05) is 16.1 Å². The maximum absolute atomic E-state index is 12.6. The van der Waals surface area contributed by atoms with Crippen LogP contribution in [0.5, 0.6) is 23.0 Å². The van der Waals surface area contributed by atoms with E-state index < -0.39 is 0 Å². The second kappa shape index (κ2) is 10.5. The van der Waals surface area contributed by atoms with Crippen LogP contribution in [0, 0.1) is 0 Å². The SMILES string of the molecule is COc1ccc(/C=C/C(=O)c2ccc(OC)c(OC)c2)cc1COc1cccc(Cl)c1. The van der Waals surface area contributed by atoms with Crippen LogP contribution in [0.15, 0.2) is 66.7 Å². The third kappa shape index (κ3) is 5.80. The Morgan fingerprint density at radius 1 is 0.871 bits per heavy atom. The smallest absolute Gasteiger partial charge is 0.185 e. The van der Waals surface area contributed by atoms with Gasteiger partial charge in [-0.2, -0.15) is 0 Å². The molecule has 160 valence electrons. The second-order valence-corrected chi connectivity index (χ2v) is 7.02. The van der Waals surface area contributed by atoms with Gasteiger partial charge < -0.3 is 18.9 Å². The first-order chi connectivity index (χ1) is 15.0. The van der Waals surface area contributed by atoms with E-state index in [2.05, 4.69) is 0 Å². The molecule has 5 nitrogen and oxygen atoms in total. The number of benzene rings is 3. The minimum Gasteiger partial charge on any atom is -0.496 e. The van der Waals surface area contributed by atoms with Gasteiger partial charge in [-0.25, -0.2) is 0 Å². The van der Waals surface area contributed by atoms with Crippen molar-refractivity contribution >= 4 is 23.5 Å². The van der Waals surface area contributed by atoms with Crippen LogP contribution in [0.3, 0.4) is 0 Å². The molecule has 0 saturated heterocycles. The topological polar surface area (TPSA) is 54.0 Å². The van der Waals surface area contributed by atoms with Gasteiger partial charge >= 0.3 is 0 Å². The van der Waals surface area contributed by atoms with E-state index in [-0.39, 0.29) is 5.78 Å². The van der Waals surface area contributed by atoms with Crippen LogP contribution >= 0.6 is 11.6 Å². The summed E-state index contributed by atoms with van der Waals surface area (Å²) in [6.45, 7) is 0.300. The lowest BCUT2D eigenvalue weighted by atomic mass is 10.1. The van der Waals surface area contributed by atoms with Gasteiger partial charge in [0.1, 0.15) is 18.1 Å². The molecule has 6 heteroatoms. The Morgan fingerprint density at radius 2 is 1.61 bits per heavy atom. The second-order valence-electron chi connectivity index (χ2n) is 6.58. The quantitative estimate of drug-likeness (QED) is 0.310. The fraction of sp³-hybridized carbons (Fsp3) is 0.160. The largest absolute Gasteiger partial charge is 0.496 e. The Hall–Kier alpha value is -3.44. The summed E-state index contributed by atoms with van der Waals surface area (Å²) >= 11 is 6.01. The molecule has 0 heterocycles. The van der Waals surface area contributed by atoms with Crippen LogP contribution in [-0.4, -0.2) is 27.1 Å². The van der Waals surface area contributed by atoms with Gasteiger partial charge in [-0.05, 0) is 60.2 Å². The Kier molecular flexibility index (Phi) is 7.57. The number of hydrogen-bond acceptors (Lipinski definition) is 5. The molecule has 0 spiro atoms. The first-order valence-electron chi connectivity index (χ1n) is 9.53. The summed E-state index contributed by atoms with van der Waals surface area (Å²) in [4.78, 5) is 12.6. The van der Waals surface area contributed by atoms with E-state index in [0.29, 0.717) is 40.2 Å². The zero-order valence-electron chi connectivity index (χ0n) is 17.6. The molecule has 0 aliphatic rings. The van der Waals surface area contributed by atoms with Gasteiger partial charge in [0.15, 0.2) is 17.3 Å². The van der Waals surface area contributed by atoms with E-state index in [0.717, 1.165) is 11.1 Å². The monoisotopic (exact) mass is 438 g/mol. The molecule has 0 bridgehead atoms. The lowest BCUT2D eigenvalue weighted by Gasteiger charge is -2.11. The average molecular weight is 439 g/mol. The fourth-order valence-electron chi connectivity index (χ4n) is 2.99. The van der Waals surface area contributed by atoms with Crippen molar-refractivity contribution in [3.05, 3.63) is 88.5 Å². The maximum Gasteiger partial charge on any atom is 0.185 e. The number of hydrogen-bond donors (Lipinski definition) is 0. The molecule has 0 aliphatic carbocycles. The third-order valence-corrected chi connectivity index (χ3v) is 4.83. The van der Waals surface area contributed by atoms with Crippen LogP contribution in [0.25, 0.3) is 6.08 Å². The third-order valence-electron chi connectivity index (χ3n) is 4.59. The van der Waals surface area contributed by atoms with E-state index >= 15 is 0 Å². The van der Waals surface area contributed by atoms with Crippen molar-refractivity contribution in [3.63, 3.8) is 0 Å². The van der Waals surface area contributed by atoms with Crippen molar-refractivity contribution in [2.45, 2.75) is 6.61 Å². The van der Waals surface area contributed by atoms with Gasteiger partial charge in [0.25, 0.3) is 0 Å². The number of ketones is 1. The fourth-order valence-corrected chi connectivity index (χ4v) is 3.17. The zero-order chi connectivity index (χ0) is 22.2. The normalized spacial score (nSPS) is 10.7. The predicted octanol–water partition coefficient (Wildman–Crippen LogP) is 5.84. The van der Waals surface area contributed by atoms with Crippen LogP contribution in [0.2, 0.25) is 5.02 Å². The summed E-state index contributed by atoms with van der Waals surface area (Å²) < 4.78 is 21.7. The van der Waals surface area contributed by atoms with Crippen molar-refractivity contribution < 1.29 is 23.7 Å². The molecule has 0 aliphatic heterocycles. The minimum absolute atomic E-state index is 0.145. The first kappa shape index (κ1) is 22.2. The highest BCUT2D eigenvalue weighted by Gasteiger charge is 2.09. The average Bonchev–Trinajstić information content (AvgIpc) is 2.80. The van der Waals surface area contributed by atoms with E-state index in [1.807, 2.05) is 30.3 Å². The first-order valence-corrected chi connectivity index (χ1v) is 9.91. The van der Waals surface area contributed by atoms with E-state index in [1.54, 1.807) is 50.6 Å². The molecule has 0 unspecified atom stereocenters. The zero-order valence-corrected chi connectivity index (χ0v) is 18.3. The van der Waals surface area contributed by atoms with Gasteiger partial charge in [-0.1, -0.05) is 29.8 Å². The summed E-state index contributed by atoms with van der Waals surface area (Å²) in [5.74, 6) is 2.30. The van der Waals surface area contributed by atoms with Crippen LogP contribution in [-0.2, 0) is 6.61 Å². The molecule has 0 amide bonds. The van der Waals surface area contributed by atoms with Gasteiger partial charge in [-0.15, -0.1) is 0 Å². The van der Waals surface area contributed by atoms with Crippen LogP contribution in [0.1, 0.15) is 21.5 Å². The Balaban J connectivity index is 1.76. The summed E-state index contributed by atoms with van der Waals surface area (Å²) in [5.41, 5.74) is 2.20. The van der Waals surface area contributed by atoms with E-state index in [9.17, 15) is 4.79 Å². The van der Waals surface area contributed by atoms with Gasteiger partial charge in [0.05, 0.1) is 21.3 Å². The molecule has 3 aromatic carbocycles. The summed E-state index contributed by atoms with van der Waals surface area (Å²) in [5, 5.41) is 0.606. The lowest BCUT2D eigenvalue weighted by Crippen LogP contribution is -2.00. The molecule has 0 N–H and O–H groups in total. The Bertz CT molecular complexity index is 1090. The number of carbonyl (C=O) groups excluding carboxylic acids is 1. The number of halogens is 1. The van der Waals surface area contributed by atoms with E-state index in [4.69, 9.17) is 30.5 Å². The number of ether oxygens (including phenoxy) is 4. The van der Waals surface area contributed by atoms with Crippen molar-refractivity contribution in [1.82, 2.24) is 0 Å². The Morgan fingerprint density at radius 3 is 2.32 bits per heavy atom. The number of rotatable bonds is 9. The van der Waals surface area contributed by atoms with E-state index in [1.165, 1.54) is 13.2 Å². The number of carbonyl (C=O) groups is 1. The predicted molar refractivity (Wildman–Crippen MR) is 122 cm³/mol. The summed E-state index contributed by atoms with van der Waals surface area (Å²) in [7, 11) is 4.69. The van der Waals surface area contributed by atoms with Crippen molar-refractivity contribution in [3.8, 4) is 23.0 Å². The van der Waals surface area contributed by atoms with Crippen LogP contribution < -0.4 is 18.9 Å². The highest BCUT2D eigenvalue weighted by molar-refractivity contribution is 6.30. The Labute approximate surface area is 186 Å². The lowest BCUT2D eigenvalue weighted by molar-refractivity contribution is 0.104. The summed E-state index contributed by atoms with van der Waals surface area (Å²) in [6.07, 6.45) is 3.27.